The molecule has 8 heteroatoms. The molecule has 2 rings (SSSR count). The Morgan fingerprint density at radius 3 is 2.86 bits per heavy atom. The normalized spacial score (nSPS) is 10.8. The zero-order chi connectivity index (χ0) is 16.1. The van der Waals surface area contributed by atoms with Gasteiger partial charge < -0.3 is 10.8 Å². The predicted octanol–water partition coefficient (Wildman–Crippen LogP) is 1.75. The quantitative estimate of drug-likeness (QED) is 0.573. The van der Waals surface area contributed by atoms with Gasteiger partial charge in [-0.2, -0.15) is 5.10 Å². The molecule has 0 spiro atoms. The molecule has 0 aliphatic rings. The van der Waals surface area contributed by atoms with Crippen LogP contribution in [-0.4, -0.2) is 28.2 Å². The van der Waals surface area contributed by atoms with Gasteiger partial charge in [-0.05, 0) is 12.5 Å². The fourth-order valence-corrected chi connectivity index (χ4v) is 2.61. The minimum Gasteiger partial charge on any atom is -0.478 e. The van der Waals surface area contributed by atoms with Crippen LogP contribution in [0.4, 0.5) is 5.13 Å². The van der Waals surface area contributed by atoms with E-state index in [2.05, 4.69) is 15.5 Å². The molecule has 4 N–H and O–H groups in total. The number of aromatic carboxylic acids is 1. The number of carboxylic acids is 1. The highest BCUT2D eigenvalue weighted by atomic mass is 32.1. The first-order chi connectivity index (χ1) is 10.5. The Morgan fingerprint density at radius 1 is 1.45 bits per heavy atom. The van der Waals surface area contributed by atoms with E-state index in [-0.39, 0.29) is 5.56 Å². The van der Waals surface area contributed by atoms with Crippen molar-refractivity contribution in [2.24, 2.45) is 5.10 Å². The fourth-order valence-electron chi connectivity index (χ4n) is 1.80. The lowest BCUT2D eigenvalue weighted by Crippen LogP contribution is -2.18. The summed E-state index contributed by atoms with van der Waals surface area (Å²) >= 11 is 1.09. The van der Waals surface area contributed by atoms with E-state index in [4.69, 9.17) is 10.8 Å². The number of benzene rings is 1. The number of nitrogens with zero attached hydrogens (tertiary/aromatic N) is 2. The van der Waals surface area contributed by atoms with Gasteiger partial charge in [-0.15, -0.1) is 0 Å². The molecule has 1 aromatic heterocycles. The number of aryl methyl sites for hydroxylation is 1. The number of nitrogens with two attached hydrogens (primary N) is 1. The van der Waals surface area contributed by atoms with Crippen LogP contribution in [0.2, 0.25) is 0 Å². The maximum atomic E-state index is 12.0. The average Bonchev–Trinajstić information content (AvgIpc) is 2.88. The van der Waals surface area contributed by atoms with Gasteiger partial charge in [0.05, 0.1) is 17.5 Å². The van der Waals surface area contributed by atoms with Crippen molar-refractivity contribution in [1.82, 2.24) is 10.4 Å². The Bertz CT molecular complexity index is 739. The number of amides is 1. The highest BCUT2D eigenvalue weighted by Crippen LogP contribution is 2.20. The zero-order valence-corrected chi connectivity index (χ0v) is 12.6. The summed E-state index contributed by atoms with van der Waals surface area (Å²) in [5.74, 6) is -1.48. The number of carbonyl (C=O) groups is 2. The van der Waals surface area contributed by atoms with Crippen molar-refractivity contribution >= 4 is 34.6 Å². The van der Waals surface area contributed by atoms with Gasteiger partial charge in [0.1, 0.15) is 4.88 Å². The van der Waals surface area contributed by atoms with E-state index in [1.807, 2.05) is 6.92 Å². The number of nitrogens with one attached hydrogen (secondary N) is 1. The number of thiazole rings is 1. The maximum Gasteiger partial charge on any atom is 0.336 e. The second kappa shape index (κ2) is 6.81. The number of rotatable bonds is 5. The largest absolute Gasteiger partial charge is 0.478 e. The second-order valence-corrected chi connectivity index (χ2v) is 5.30. The minimum absolute atomic E-state index is 0.108. The van der Waals surface area contributed by atoms with Crippen LogP contribution >= 0.6 is 11.3 Å². The van der Waals surface area contributed by atoms with Crippen LogP contribution < -0.4 is 11.2 Å². The van der Waals surface area contributed by atoms with Crippen molar-refractivity contribution in [1.29, 1.82) is 0 Å². The van der Waals surface area contributed by atoms with Gasteiger partial charge in [0, 0.05) is 5.56 Å². The number of hydrogen-bond donors (Lipinski definition) is 3. The third-order valence-electron chi connectivity index (χ3n) is 2.82. The molecular formula is C14H14N4O3S. The molecule has 1 heterocycles. The molecule has 0 atom stereocenters. The highest BCUT2D eigenvalue weighted by Gasteiger charge is 2.15. The molecule has 114 valence electrons. The van der Waals surface area contributed by atoms with Gasteiger partial charge in [0.25, 0.3) is 5.91 Å². The first-order valence-electron chi connectivity index (χ1n) is 6.43. The van der Waals surface area contributed by atoms with Crippen LogP contribution in [-0.2, 0) is 6.42 Å². The number of anilines is 1. The minimum atomic E-state index is -1.06. The van der Waals surface area contributed by atoms with E-state index in [1.165, 1.54) is 12.3 Å². The summed E-state index contributed by atoms with van der Waals surface area (Å²) in [6, 6.07) is 6.37. The molecule has 22 heavy (non-hydrogen) atoms. The molecule has 0 radical (unpaired) electrons. The molecular weight excluding hydrogens is 304 g/mol. The van der Waals surface area contributed by atoms with E-state index in [9.17, 15) is 9.59 Å². The Morgan fingerprint density at radius 2 is 2.18 bits per heavy atom. The number of nitrogen functional groups attached to an aromatic ring is 1. The van der Waals surface area contributed by atoms with Crippen molar-refractivity contribution in [3.63, 3.8) is 0 Å². The number of aromatic nitrogens is 1. The lowest BCUT2D eigenvalue weighted by molar-refractivity contribution is 0.0696. The van der Waals surface area contributed by atoms with E-state index in [1.54, 1.807) is 18.2 Å². The van der Waals surface area contributed by atoms with Crippen molar-refractivity contribution < 1.29 is 14.7 Å². The number of hydrogen-bond acceptors (Lipinski definition) is 6. The number of hydrazone groups is 1. The molecule has 0 bridgehead atoms. The lowest BCUT2D eigenvalue weighted by atomic mass is 10.1. The molecule has 1 amide bonds. The predicted molar refractivity (Wildman–Crippen MR) is 84.4 cm³/mol. The van der Waals surface area contributed by atoms with Gasteiger partial charge in [0.2, 0.25) is 0 Å². The van der Waals surface area contributed by atoms with Crippen molar-refractivity contribution in [3.05, 3.63) is 46.0 Å². The molecule has 0 saturated carbocycles. The van der Waals surface area contributed by atoms with Crippen LogP contribution in [0.3, 0.4) is 0 Å². The molecule has 0 unspecified atom stereocenters. The van der Waals surface area contributed by atoms with Crippen molar-refractivity contribution in [3.8, 4) is 0 Å². The van der Waals surface area contributed by atoms with Gasteiger partial charge in [-0.25, -0.2) is 15.2 Å². The molecule has 0 saturated heterocycles. The van der Waals surface area contributed by atoms with Crippen LogP contribution in [0, 0.1) is 0 Å². The van der Waals surface area contributed by atoms with Crippen LogP contribution in [0.5, 0.6) is 0 Å². The highest BCUT2D eigenvalue weighted by molar-refractivity contribution is 7.17. The monoisotopic (exact) mass is 318 g/mol. The smallest absolute Gasteiger partial charge is 0.336 e. The molecule has 2 aromatic rings. The van der Waals surface area contributed by atoms with Gasteiger partial charge in [0.15, 0.2) is 5.13 Å². The summed E-state index contributed by atoms with van der Waals surface area (Å²) in [7, 11) is 0. The van der Waals surface area contributed by atoms with Gasteiger partial charge in [-0.3, -0.25) is 4.79 Å². The summed E-state index contributed by atoms with van der Waals surface area (Å²) < 4.78 is 0. The van der Waals surface area contributed by atoms with Crippen LogP contribution in [0.1, 0.15) is 38.2 Å². The molecule has 0 fully saturated rings. The van der Waals surface area contributed by atoms with E-state index >= 15 is 0 Å². The van der Waals surface area contributed by atoms with E-state index in [0.717, 1.165) is 11.3 Å². The molecule has 7 nitrogen and oxygen atoms in total. The third-order valence-corrected chi connectivity index (χ3v) is 3.74. The van der Waals surface area contributed by atoms with Gasteiger partial charge in [-0.1, -0.05) is 36.5 Å². The Labute approximate surface area is 130 Å². The summed E-state index contributed by atoms with van der Waals surface area (Å²) in [6.07, 6.45) is 1.87. The summed E-state index contributed by atoms with van der Waals surface area (Å²) in [5.41, 5.74) is 9.06. The zero-order valence-electron chi connectivity index (χ0n) is 11.7. The molecule has 0 aliphatic carbocycles. The Hall–Kier alpha value is -2.74. The maximum absolute atomic E-state index is 12.0. The van der Waals surface area contributed by atoms with Crippen LogP contribution in [0.25, 0.3) is 0 Å². The first-order valence-corrected chi connectivity index (χ1v) is 7.25. The Balaban J connectivity index is 2.13. The first kappa shape index (κ1) is 15.6. The second-order valence-electron chi connectivity index (χ2n) is 4.27. The average molecular weight is 318 g/mol. The fraction of sp³-hybridized carbons (Fsp3) is 0.143. The van der Waals surface area contributed by atoms with Crippen LogP contribution in [0.15, 0.2) is 29.4 Å². The number of carboxylic acid groups (broad SMARTS) is 1. The summed E-state index contributed by atoms with van der Waals surface area (Å²) in [6.45, 7) is 1.87. The summed E-state index contributed by atoms with van der Waals surface area (Å²) in [5, 5.41) is 13.2. The van der Waals surface area contributed by atoms with Gasteiger partial charge >= 0.3 is 5.97 Å². The van der Waals surface area contributed by atoms with Crippen molar-refractivity contribution in [2.75, 3.05) is 5.73 Å². The van der Waals surface area contributed by atoms with E-state index < -0.39 is 11.9 Å². The SMILES string of the molecule is CCc1nc(N)sc1C(=O)N/N=C\c1ccccc1C(=O)O. The van der Waals surface area contributed by atoms with E-state index in [0.29, 0.717) is 27.7 Å². The van der Waals surface area contributed by atoms with Crippen molar-refractivity contribution in [2.45, 2.75) is 13.3 Å². The molecule has 1 aromatic carbocycles. The lowest BCUT2D eigenvalue weighted by Gasteiger charge is -2.00. The number of carbonyl (C=O) groups excluding carboxylic acids is 1. The topological polar surface area (TPSA) is 118 Å². The standard InChI is InChI=1S/C14H14N4O3S/c1-2-10-11(22-14(15)17-10)12(19)18-16-7-8-5-3-4-6-9(8)13(20)21/h3-7H,2H2,1H3,(H2,15,17)(H,18,19)(H,20,21)/b16-7-. The Kier molecular flexibility index (Phi) is 4.84. The third kappa shape index (κ3) is 3.47. The molecule has 0 aliphatic heterocycles. The summed E-state index contributed by atoms with van der Waals surface area (Å²) in [4.78, 5) is 27.5.